The molecule has 0 atom stereocenters. The molecule has 0 saturated heterocycles. The monoisotopic (exact) mass is 274 g/mol. The number of amides is 1. The maximum absolute atomic E-state index is 11.8. The maximum Gasteiger partial charge on any atom is 0.307 e. The zero-order valence-electron chi connectivity index (χ0n) is 11.6. The minimum Gasteiger partial charge on any atom is -0.481 e. The number of nitrogens with one attached hydrogen (secondary N) is 1. The van der Waals surface area contributed by atoms with Crippen molar-refractivity contribution in [3.05, 3.63) is 36.0 Å². The number of hydrogen-bond acceptors (Lipinski definition) is 2. The first-order valence-electron chi connectivity index (χ1n) is 6.55. The molecule has 0 aliphatic carbocycles. The smallest absolute Gasteiger partial charge is 0.307 e. The van der Waals surface area contributed by atoms with Gasteiger partial charge in [-0.25, -0.2) is 0 Å². The highest BCUT2D eigenvalue weighted by Gasteiger charge is 2.13. The van der Waals surface area contributed by atoms with Gasteiger partial charge in [0.25, 0.3) is 0 Å². The van der Waals surface area contributed by atoms with Gasteiger partial charge < -0.3 is 15.0 Å². The number of nitrogens with zero attached hydrogens (tertiary/aromatic N) is 1. The van der Waals surface area contributed by atoms with Crippen LogP contribution in [0.5, 0.6) is 0 Å². The Bertz CT molecular complexity index is 644. The van der Waals surface area contributed by atoms with Crippen molar-refractivity contribution in [2.75, 3.05) is 0 Å². The SMILES string of the molecule is CC(C)NC(=O)Cn1cc(CC(=O)O)c2ccccc21. The summed E-state index contributed by atoms with van der Waals surface area (Å²) in [6.07, 6.45) is 1.71. The molecule has 0 fully saturated rings. The third-order valence-electron chi connectivity index (χ3n) is 2.98. The molecule has 2 rings (SSSR count). The van der Waals surface area contributed by atoms with E-state index in [0.29, 0.717) is 0 Å². The topological polar surface area (TPSA) is 71.3 Å². The van der Waals surface area contributed by atoms with Crippen LogP contribution in [0.25, 0.3) is 10.9 Å². The summed E-state index contributed by atoms with van der Waals surface area (Å²) in [5.74, 6) is -0.956. The molecule has 0 spiro atoms. The van der Waals surface area contributed by atoms with Crippen LogP contribution in [0.3, 0.4) is 0 Å². The molecule has 0 unspecified atom stereocenters. The Balaban J connectivity index is 2.33. The Morgan fingerprint density at radius 3 is 2.65 bits per heavy atom. The van der Waals surface area contributed by atoms with Crippen molar-refractivity contribution in [1.82, 2.24) is 9.88 Å². The average Bonchev–Trinajstić information content (AvgIpc) is 2.66. The van der Waals surface area contributed by atoms with Gasteiger partial charge >= 0.3 is 5.97 Å². The number of carboxylic acid groups (broad SMARTS) is 1. The number of para-hydroxylation sites is 1. The fourth-order valence-electron chi connectivity index (χ4n) is 2.28. The summed E-state index contributed by atoms with van der Waals surface area (Å²) in [5.41, 5.74) is 1.60. The predicted octanol–water partition coefficient (Wildman–Crippen LogP) is 1.79. The van der Waals surface area contributed by atoms with Gasteiger partial charge in [0.15, 0.2) is 0 Å². The minimum absolute atomic E-state index is 0.0423. The third kappa shape index (κ3) is 3.17. The highest BCUT2D eigenvalue weighted by molar-refractivity contribution is 5.89. The maximum atomic E-state index is 11.8. The van der Waals surface area contributed by atoms with Gasteiger partial charge in [0.2, 0.25) is 5.91 Å². The Morgan fingerprint density at radius 2 is 2.00 bits per heavy atom. The second-order valence-electron chi connectivity index (χ2n) is 5.09. The van der Waals surface area contributed by atoms with Gasteiger partial charge in [-0.1, -0.05) is 18.2 Å². The van der Waals surface area contributed by atoms with Gasteiger partial charge in [0.05, 0.1) is 6.42 Å². The molecule has 1 heterocycles. The van der Waals surface area contributed by atoms with Crippen LogP contribution in [0.1, 0.15) is 19.4 Å². The molecule has 0 radical (unpaired) electrons. The van der Waals surface area contributed by atoms with E-state index in [-0.39, 0.29) is 24.9 Å². The summed E-state index contributed by atoms with van der Waals surface area (Å²) in [6.45, 7) is 4.00. The van der Waals surface area contributed by atoms with Crippen molar-refractivity contribution < 1.29 is 14.7 Å². The molecule has 5 nitrogen and oxygen atoms in total. The first-order chi connectivity index (χ1) is 9.47. The van der Waals surface area contributed by atoms with Gasteiger partial charge in [-0.05, 0) is 25.5 Å². The van der Waals surface area contributed by atoms with E-state index in [9.17, 15) is 9.59 Å². The Morgan fingerprint density at radius 1 is 1.30 bits per heavy atom. The number of carbonyl (C=O) groups is 2. The van der Waals surface area contributed by atoms with Gasteiger partial charge in [-0.2, -0.15) is 0 Å². The van der Waals surface area contributed by atoms with Crippen LogP contribution < -0.4 is 5.32 Å². The summed E-state index contributed by atoms with van der Waals surface area (Å²) < 4.78 is 1.80. The second-order valence-corrected chi connectivity index (χ2v) is 5.09. The zero-order chi connectivity index (χ0) is 14.7. The van der Waals surface area contributed by atoms with E-state index < -0.39 is 5.97 Å². The molecule has 2 aromatic rings. The highest BCUT2D eigenvalue weighted by atomic mass is 16.4. The van der Waals surface area contributed by atoms with Gasteiger partial charge in [0.1, 0.15) is 6.54 Å². The molecule has 0 aliphatic rings. The number of hydrogen-bond donors (Lipinski definition) is 2. The fraction of sp³-hybridized carbons (Fsp3) is 0.333. The number of fused-ring (bicyclic) bond motifs is 1. The van der Waals surface area contributed by atoms with Crippen molar-refractivity contribution >= 4 is 22.8 Å². The second kappa shape index (κ2) is 5.77. The normalized spacial score (nSPS) is 10.9. The van der Waals surface area contributed by atoms with Crippen LogP contribution in [0.4, 0.5) is 0 Å². The van der Waals surface area contributed by atoms with Crippen LogP contribution in [0, 0.1) is 0 Å². The molecule has 2 N–H and O–H groups in total. The van der Waals surface area contributed by atoms with Crippen LogP contribution in [-0.4, -0.2) is 27.6 Å². The number of benzene rings is 1. The molecular formula is C15H18N2O3. The summed E-state index contributed by atoms with van der Waals surface area (Å²) >= 11 is 0. The first-order valence-corrected chi connectivity index (χ1v) is 6.55. The zero-order valence-corrected chi connectivity index (χ0v) is 11.6. The van der Waals surface area contributed by atoms with E-state index in [1.807, 2.05) is 38.1 Å². The molecule has 0 bridgehead atoms. The molecular weight excluding hydrogens is 256 g/mol. The summed E-state index contributed by atoms with van der Waals surface area (Å²) in [6, 6.07) is 7.60. The van der Waals surface area contributed by atoms with E-state index in [1.54, 1.807) is 10.8 Å². The molecule has 106 valence electrons. The summed E-state index contributed by atoms with van der Waals surface area (Å²) in [7, 11) is 0. The Kier molecular flexibility index (Phi) is 4.08. The van der Waals surface area contributed by atoms with Crippen LogP contribution in [0.2, 0.25) is 0 Å². The number of aliphatic carboxylic acids is 1. The molecule has 0 aliphatic heterocycles. The summed E-state index contributed by atoms with van der Waals surface area (Å²) in [5, 5.41) is 12.7. The lowest BCUT2D eigenvalue weighted by atomic mass is 10.1. The molecule has 1 aromatic carbocycles. The molecule has 5 heteroatoms. The quantitative estimate of drug-likeness (QED) is 0.873. The van der Waals surface area contributed by atoms with E-state index in [4.69, 9.17) is 5.11 Å². The highest BCUT2D eigenvalue weighted by Crippen LogP contribution is 2.21. The van der Waals surface area contributed by atoms with Gasteiger partial charge in [-0.15, -0.1) is 0 Å². The number of aromatic nitrogens is 1. The predicted molar refractivity (Wildman–Crippen MR) is 76.6 cm³/mol. The Hall–Kier alpha value is -2.30. The first kappa shape index (κ1) is 14.1. The molecule has 0 saturated carbocycles. The number of rotatable bonds is 5. The lowest BCUT2D eigenvalue weighted by Gasteiger charge is -2.09. The van der Waals surface area contributed by atoms with Crippen molar-refractivity contribution in [2.45, 2.75) is 32.9 Å². The van der Waals surface area contributed by atoms with E-state index in [0.717, 1.165) is 16.5 Å². The van der Waals surface area contributed by atoms with Crippen molar-refractivity contribution in [3.63, 3.8) is 0 Å². The van der Waals surface area contributed by atoms with E-state index in [1.165, 1.54) is 0 Å². The summed E-state index contributed by atoms with van der Waals surface area (Å²) in [4.78, 5) is 22.8. The van der Waals surface area contributed by atoms with E-state index in [2.05, 4.69) is 5.32 Å². The minimum atomic E-state index is -0.875. The number of carboxylic acids is 1. The lowest BCUT2D eigenvalue weighted by Crippen LogP contribution is -2.32. The van der Waals surface area contributed by atoms with Gasteiger partial charge in [-0.3, -0.25) is 9.59 Å². The lowest BCUT2D eigenvalue weighted by molar-refractivity contribution is -0.136. The van der Waals surface area contributed by atoms with Crippen LogP contribution in [-0.2, 0) is 22.6 Å². The van der Waals surface area contributed by atoms with Crippen LogP contribution >= 0.6 is 0 Å². The van der Waals surface area contributed by atoms with Gasteiger partial charge in [0, 0.05) is 23.1 Å². The molecule has 1 aromatic heterocycles. The largest absolute Gasteiger partial charge is 0.481 e. The van der Waals surface area contributed by atoms with Crippen molar-refractivity contribution in [2.24, 2.45) is 0 Å². The third-order valence-corrected chi connectivity index (χ3v) is 2.98. The molecule has 20 heavy (non-hydrogen) atoms. The molecule has 1 amide bonds. The van der Waals surface area contributed by atoms with Crippen LogP contribution in [0.15, 0.2) is 30.5 Å². The van der Waals surface area contributed by atoms with Crippen molar-refractivity contribution in [1.29, 1.82) is 0 Å². The Labute approximate surface area is 117 Å². The van der Waals surface area contributed by atoms with Crippen molar-refractivity contribution in [3.8, 4) is 0 Å². The number of carbonyl (C=O) groups excluding carboxylic acids is 1. The standard InChI is InChI=1S/C15H18N2O3/c1-10(2)16-14(18)9-17-8-11(7-15(19)20)12-5-3-4-6-13(12)17/h3-6,8,10H,7,9H2,1-2H3,(H,16,18)(H,19,20). The average molecular weight is 274 g/mol. The van der Waals surface area contributed by atoms with E-state index >= 15 is 0 Å². The fourth-order valence-corrected chi connectivity index (χ4v) is 2.28.